The Balaban J connectivity index is 1.78. The maximum absolute atomic E-state index is 13.0. The summed E-state index contributed by atoms with van der Waals surface area (Å²) in [5.74, 6) is -2.61. The third kappa shape index (κ3) is 4.69. The van der Waals surface area contributed by atoms with Crippen LogP contribution in [0, 0.1) is 0 Å². The van der Waals surface area contributed by atoms with E-state index in [1.54, 1.807) is 30.3 Å². The Morgan fingerprint density at radius 3 is 2.23 bits per heavy atom. The summed E-state index contributed by atoms with van der Waals surface area (Å²) in [5, 5.41) is 42.1. The van der Waals surface area contributed by atoms with Crippen LogP contribution in [0.1, 0.15) is 33.2 Å². The average Bonchev–Trinajstić information content (AvgIpc) is 2.83. The molecule has 4 rings (SSSR count). The number of anilines is 1. The van der Waals surface area contributed by atoms with Crippen molar-refractivity contribution < 1.29 is 29.7 Å². The number of aromatic hydroxyl groups is 2. The SMILES string of the molecule is CC(=O)Nc1cccc2ccc(O)c(N=Nc3cc(C(=O)c4ccccc4C(=O)O)ccc3O)c12. The second kappa shape index (κ2) is 9.44. The summed E-state index contributed by atoms with van der Waals surface area (Å²) >= 11 is 0. The van der Waals surface area contributed by atoms with Gasteiger partial charge >= 0.3 is 5.97 Å². The van der Waals surface area contributed by atoms with Gasteiger partial charge in [-0.1, -0.05) is 36.4 Å². The Morgan fingerprint density at radius 2 is 1.51 bits per heavy atom. The Kier molecular flexibility index (Phi) is 6.23. The third-order valence-corrected chi connectivity index (χ3v) is 5.21. The van der Waals surface area contributed by atoms with Gasteiger partial charge in [-0.25, -0.2) is 4.79 Å². The van der Waals surface area contributed by atoms with Gasteiger partial charge in [0.05, 0.1) is 11.3 Å². The van der Waals surface area contributed by atoms with E-state index in [0.29, 0.717) is 16.5 Å². The van der Waals surface area contributed by atoms with Crippen LogP contribution in [0.5, 0.6) is 11.5 Å². The molecular formula is C26H19N3O6. The van der Waals surface area contributed by atoms with E-state index < -0.39 is 11.8 Å². The summed E-state index contributed by atoms with van der Waals surface area (Å²) in [6, 6.07) is 17.9. The van der Waals surface area contributed by atoms with Gasteiger partial charge in [-0.15, -0.1) is 10.2 Å². The largest absolute Gasteiger partial charge is 0.506 e. The quantitative estimate of drug-likeness (QED) is 0.215. The molecule has 35 heavy (non-hydrogen) atoms. The van der Waals surface area contributed by atoms with Crippen LogP contribution in [0.2, 0.25) is 0 Å². The van der Waals surface area contributed by atoms with Crippen LogP contribution < -0.4 is 5.32 Å². The highest BCUT2D eigenvalue weighted by Gasteiger charge is 2.19. The maximum Gasteiger partial charge on any atom is 0.336 e. The molecule has 0 aliphatic heterocycles. The lowest BCUT2D eigenvalue weighted by Gasteiger charge is -2.10. The molecule has 0 spiro atoms. The first-order valence-electron chi connectivity index (χ1n) is 10.4. The number of carboxylic acid groups (broad SMARTS) is 1. The average molecular weight is 469 g/mol. The van der Waals surface area contributed by atoms with Gasteiger partial charge in [-0.3, -0.25) is 9.59 Å². The number of benzene rings is 4. The minimum Gasteiger partial charge on any atom is -0.506 e. The van der Waals surface area contributed by atoms with Crippen molar-refractivity contribution in [2.75, 3.05) is 5.32 Å². The van der Waals surface area contributed by atoms with Crippen LogP contribution in [0.3, 0.4) is 0 Å². The fourth-order valence-electron chi connectivity index (χ4n) is 3.62. The van der Waals surface area contributed by atoms with Crippen LogP contribution in [0.15, 0.2) is 83.0 Å². The van der Waals surface area contributed by atoms with Gasteiger partial charge in [0, 0.05) is 23.4 Å². The van der Waals surface area contributed by atoms with Gasteiger partial charge in [0.15, 0.2) is 5.78 Å². The van der Waals surface area contributed by atoms with Gasteiger partial charge in [0.25, 0.3) is 0 Å². The molecule has 4 aromatic rings. The number of carboxylic acids is 1. The Morgan fingerprint density at radius 1 is 0.800 bits per heavy atom. The first kappa shape index (κ1) is 23.1. The number of nitrogens with zero attached hydrogens (tertiary/aromatic N) is 2. The molecule has 0 heterocycles. The van der Waals surface area contributed by atoms with E-state index in [2.05, 4.69) is 15.5 Å². The zero-order valence-corrected chi connectivity index (χ0v) is 18.4. The highest BCUT2D eigenvalue weighted by Crippen LogP contribution is 2.41. The number of aromatic carboxylic acids is 1. The molecule has 0 fully saturated rings. The molecule has 0 aliphatic carbocycles. The number of phenolic OH excluding ortho intramolecular Hbond substituents is 2. The van der Waals surface area contributed by atoms with Crippen molar-refractivity contribution in [1.82, 2.24) is 0 Å². The fourth-order valence-corrected chi connectivity index (χ4v) is 3.62. The number of ketones is 1. The smallest absolute Gasteiger partial charge is 0.336 e. The van der Waals surface area contributed by atoms with Crippen molar-refractivity contribution in [3.05, 3.63) is 89.5 Å². The molecule has 9 heteroatoms. The number of carbonyl (C=O) groups excluding carboxylic acids is 2. The number of carbonyl (C=O) groups is 3. The van der Waals surface area contributed by atoms with Crippen LogP contribution >= 0.6 is 0 Å². The van der Waals surface area contributed by atoms with Crippen LogP contribution in [-0.2, 0) is 4.79 Å². The number of azo groups is 1. The number of fused-ring (bicyclic) bond motifs is 1. The normalized spacial score (nSPS) is 11.0. The van der Waals surface area contributed by atoms with E-state index in [1.165, 1.54) is 49.4 Å². The molecule has 0 bridgehead atoms. The van der Waals surface area contributed by atoms with Gasteiger partial charge in [-0.05, 0) is 41.8 Å². The summed E-state index contributed by atoms with van der Waals surface area (Å²) < 4.78 is 0. The molecule has 0 saturated heterocycles. The number of nitrogens with one attached hydrogen (secondary N) is 1. The Bertz CT molecular complexity index is 1530. The number of phenols is 2. The predicted molar refractivity (Wildman–Crippen MR) is 129 cm³/mol. The molecular weight excluding hydrogens is 450 g/mol. The minimum atomic E-state index is -1.24. The highest BCUT2D eigenvalue weighted by atomic mass is 16.4. The number of hydrogen-bond acceptors (Lipinski definition) is 7. The van der Waals surface area contributed by atoms with Gasteiger partial charge in [0.1, 0.15) is 22.9 Å². The van der Waals surface area contributed by atoms with Crippen molar-refractivity contribution in [3.63, 3.8) is 0 Å². The first-order valence-corrected chi connectivity index (χ1v) is 10.4. The van der Waals surface area contributed by atoms with E-state index >= 15 is 0 Å². The summed E-state index contributed by atoms with van der Waals surface area (Å²) in [4.78, 5) is 36.1. The minimum absolute atomic E-state index is 0.0137. The van der Waals surface area contributed by atoms with Crippen molar-refractivity contribution in [2.45, 2.75) is 6.92 Å². The standard InChI is InChI=1S/C26H19N3O6/c1-14(30)27-19-8-4-5-15-9-12-22(32)24(23(15)19)29-28-20-13-16(10-11-21(20)31)25(33)17-6-2-3-7-18(17)26(34)35/h2-13,31-32H,1H3,(H,27,30)(H,34,35). The van der Waals surface area contributed by atoms with Crippen LogP contribution in [0.4, 0.5) is 17.1 Å². The van der Waals surface area contributed by atoms with Crippen molar-refractivity contribution in [1.29, 1.82) is 0 Å². The predicted octanol–water partition coefficient (Wildman–Crippen LogP) is 5.55. The molecule has 4 aromatic carbocycles. The molecule has 9 nitrogen and oxygen atoms in total. The maximum atomic E-state index is 13.0. The zero-order chi connectivity index (χ0) is 25.1. The molecule has 0 saturated carbocycles. The number of amides is 1. The van der Waals surface area contributed by atoms with Crippen LogP contribution in [-0.4, -0.2) is 33.0 Å². The van der Waals surface area contributed by atoms with Gasteiger partial charge in [0.2, 0.25) is 5.91 Å². The lowest BCUT2D eigenvalue weighted by molar-refractivity contribution is -0.114. The molecule has 0 atom stereocenters. The topological polar surface area (TPSA) is 149 Å². The molecule has 0 aromatic heterocycles. The van der Waals surface area contributed by atoms with E-state index in [4.69, 9.17) is 0 Å². The lowest BCUT2D eigenvalue weighted by Crippen LogP contribution is -2.09. The van der Waals surface area contributed by atoms with Crippen molar-refractivity contribution >= 4 is 45.5 Å². The van der Waals surface area contributed by atoms with Crippen molar-refractivity contribution in [2.24, 2.45) is 10.2 Å². The van der Waals surface area contributed by atoms with Crippen LogP contribution in [0.25, 0.3) is 10.8 Å². The molecule has 0 unspecified atom stereocenters. The fraction of sp³-hybridized carbons (Fsp3) is 0.0385. The molecule has 4 N–H and O–H groups in total. The molecule has 0 aliphatic rings. The van der Waals surface area contributed by atoms with Crippen molar-refractivity contribution in [3.8, 4) is 11.5 Å². The summed E-state index contributed by atoms with van der Waals surface area (Å²) in [5.41, 5.74) is 0.321. The number of rotatable bonds is 6. The molecule has 174 valence electrons. The summed E-state index contributed by atoms with van der Waals surface area (Å²) in [7, 11) is 0. The van der Waals surface area contributed by atoms with E-state index in [0.717, 1.165) is 0 Å². The van der Waals surface area contributed by atoms with Gasteiger partial charge in [-0.2, -0.15) is 0 Å². The Labute approximate surface area is 199 Å². The first-order chi connectivity index (χ1) is 16.8. The summed E-state index contributed by atoms with van der Waals surface area (Å²) in [6.45, 7) is 1.35. The molecule has 1 amide bonds. The Hall–Kier alpha value is -5.05. The second-order valence-corrected chi connectivity index (χ2v) is 7.60. The monoisotopic (exact) mass is 469 g/mol. The third-order valence-electron chi connectivity index (χ3n) is 5.21. The zero-order valence-electron chi connectivity index (χ0n) is 18.4. The lowest BCUT2D eigenvalue weighted by atomic mass is 9.98. The van der Waals surface area contributed by atoms with Gasteiger partial charge < -0.3 is 20.6 Å². The molecule has 0 radical (unpaired) electrons. The van der Waals surface area contributed by atoms with E-state index in [1.807, 2.05) is 0 Å². The highest BCUT2D eigenvalue weighted by molar-refractivity contribution is 6.14. The number of hydrogen-bond donors (Lipinski definition) is 4. The van der Waals surface area contributed by atoms with E-state index in [-0.39, 0.29) is 45.5 Å². The summed E-state index contributed by atoms with van der Waals surface area (Å²) in [6.07, 6.45) is 0. The van der Waals surface area contributed by atoms with E-state index in [9.17, 15) is 29.7 Å². The second-order valence-electron chi connectivity index (χ2n) is 7.60.